The molecular formula is C12H18N2O. The molecule has 0 radical (unpaired) electrons. The quantitative estimate of drug-likeness (QED) is 0.739. The predicted octanol–water partition coefficient (Wildman–Crippen LogP) is 2.06. The number of aliphatic hydroxyl groups is 1. The van der Waals surface area contributed by atoms with Gasteiger partial charge in [0.15, 0.2) is 0 Å². The summed E-state index contributed by atoms with van der Waals surface area (Å²) in [6.45, 7) is 2.23. The molecule has 15 heavy (non-hydrogen) atoms. The summed E-state index contributed by atoms with van der Waals surface area (Å²) in [5.41, 5.74) is 5.86. The summed E-state index contributed by atoms with van der Waals surface area (Å²) in [6.07, 6.45) is 5.37. The molecule has 0 aromatic carbocycles. The van der Waals surface area contributed by atoms with Gasteiger partial charge in [0.05, 0.1) is 5.60 Å². The van der Waals surface area contributed by atoms with Crippen LogP contribution in [0.5, 0.6) is 0 Å². The third-order valence-corrected chi connectivity index (χ3v) is 3.44. The first-order valence-corrected chi connectivity index (χ1v) is 5.55. The summed E-state index contributed by atoms with van der Waals surface area (Å²) in [5.74, 6) is 1.18. The first-order valence-electron chi connectivity index (χ1n) is 5.55. The zero-order valence-corrected chi connectivity index (χ0v) is 9.11. The van der Waals surface area contributed by atoms with Gasteiger partial charge in [0.1, 0.15) is 5.82 Å². The lowest BCUT2D eigenvalue weighted by Gasteiger charge is -2.35. The van der Waals surface area contributed by atoms with E-state index >= 15 is 0 Å². The topological polar surface area (TPSA) is 59.1 Å². The van der Waals surface area contributed by atoms with Crippen molar-refractivity contribution in [2.75, 3.05) is 5.73 Å². The maximum Gasteiger partial charge on any atom is 0.129 e. The fourth-order valence-electron chi connectivity index (χ4n) is 2.32. The molecule has 1 aromatic rings. The van der Waals surface area contributed by atoms with Crippen LogP contribution in [-0.4, -0.2) is 10.1 Å². The number of hydrogen-bond donors (Lipinski definition) is 2. The third-order valence-electron chi connectivity index (χ3n) is 3.44. The fraction of sp³-hybridized carbons (Fsp3) is 0.583. The van der Waals surface area contributed by atoms with Crippen LogP contribution in [0.25, 0.3) is 0 Å². The van der Waals surface area contributed by atoms with E-state index in [0.717, 1.165) is 31.2 Å². The van der Waals surface area contributed by atoms with Crippen molar-refractivity contribution in [3.8, 4) is 0 Å². The summed E-state index contributed by atoms with van der Waals surface area (Å²) in [5, 5.41) is 10.5. The average Bonchev–Trinajstić information content (AvgIpc) is 2.23. The number of nitrogens with two attached hydrogens (primary N) is 1. The number of aromatic nitrogens is 1. The molecule has 0 saturated heterocycles. The Bertz CT molecular complexity index is 343. The van der Waals surface area contributed by atoms with E-state index in [-0.39, 0.29) is 0 Å². The van der Waals surface area contributed by atoms with Crippen LogP contribution in [-0.2, 0) is 5.60 Å². The zero-order chi connectivity index (χ0) is 10.9. The maximum atomic E-state index is 10.5. The Morgan fingerprint density at radius 2 is 2.13 bits per heavy atom. The van der Waals surface area contributed by atoms with Gasteiger partial charge in [-0.15, -0.1) is 0 Å². The van der Waals surface area contributed by atoms with Crippen molar-refractivity contribution in [2.24, 2.45) is 5.92 Å². The van der Waals surface area contributed by atoms with Gasteiger partial charge in [-0.3, -0.25) is 0 Å². The summed E-state index contributed by atoms with van der Waals surface area (Å²) >= 11 is 0. The first kappa shape index (κ1) is 10.4. The molecular weight excluding hydrogens is 188 g/mol. The molecule has 1 fully saturated rings. The summed E-state index contributed by atoms with van der Waals surface area (Å²) in [7, 11) is 0. The highest BCUT2D eigenvalue weighted by Gasteiger charge is 2.35. The molecule has 1 saturated carbocycles. The Kier molecular flexibility index (Phi) is 2.65. The van der Waals surface area contributed by atoms with Crippen LogP contribution in [0, 0.1) is 5.92 Å². The molecule has 3 nitrogen and oxygen atoms in total. The number of nitrogen functional groups attached to an aromatic ring is 1. The Labute approximate surface area is 90.3 Å². The van der Waals surface area contributed by atoms with Crippen molar-refractivity contribution in [1.29, 1.82) is 0 Å². The molecule has 2 rings (SSSR count). The van der Waals surface area contributed by atoms with E-state index in [1.807, 2.05) is 12.1 Å². The maximum absolute atomic E-state index is 10.5. The van der Waals surface area contributed by atoms with E-state index < -0.39 is 5.60 Å². The van der Waals surface area contributed by atoms with E-state index in [4.69, 9.17) is 5.73 Å². The number of hydrogen-bond acceptors (Lipinski definition) is 3. The Morgan fingerprint density at radius 3 is 2.73 bits per heavy atom. The summed E-state index contributed by atoms with van der Waals surface area (Å²) in [6, 6.07) is 3.72. The molecule has 1 aliphatic carbocycles. The van der Waals surface area contributed by atoms with Gasteiger partial charge in [0.25, 0.3) is 0 Å². The Hall–Kier alpha value is -1.09. The van der Waals surface area contributed by atoms with Crippen molar-refractivity contribution in [3.63, 3.8) is 0 Å². The Balaban J connectivity index is 2.26. The molecule has 1 aromatic heterocycles. The van der Waals surface area contributed by atoms with Gasteiger partial charge >= 0.3 is 0 Å². The third kappa shape index (κ3) is 1.97. The van der Waals surface area contributed by atoms with Gasteiger partial charge in [-0.1, -0.05) is 13.0 Å². The monoisotopic (exact) mass is 206 g/mol. The smallest absolute Gasteiger partial charge is 0.129 e. The lowest BCUT2D eigenvalue weighted by Crippen LogP contribution is -2.31. The lowest BCUT2D eigenvalue weighted by molar-refractivity contribution is -0.0115. The van der Waals surface area contributed by atoms with Gasteiger partial charge < -0.3 is 10.8 Å². The Morgan fingerprint density at radius 1 is 1.47 bits per heavy atom. The molecule has 3 N–H and O–H groups in total. The molecule has 0 unspecified atom stereocenters. The minimum atomic E-state index is -0.745. The van der Waals surface area contributed by atoms with E-state index in [1.165, 1.54) is 0 Å². The second-order valence-corrected chi connectivity index (χ2v) is 4.65. The van der Waals surface area contributed by atoms with Gasteiger partial charge in [0, 0.05) is 11.8 Å². The number of anilines is 1. The van der Waals surface area contributed by atoms with Crippen molar-refractivity contribution >= 4 is 5.82 Å². The minimum Gasteiger partial charge on any atom is -0.385 e. The number of pyridine rings is 1. The van der Waals surface area contributed by atoms with Crippen LogP contribution in [0.1, 0.15) is 38.2 Å². The van der Waals surface area contributed by atoms with Crippen molar-refractivity contribution < 1.29 is 5.11 Å². The second-order valence-electron chi connectivity index (χ2n) is 4.65. The van der Waals surface area contributed by atoms with E-state index in [2.05, 4.69) is 11.9 Å². The molecule has 1 aliphatic rings. The first-order chi connectivity index (χ1) is 7.12. The van der Waals surface area contributed by atoms with Gasteiger partial charge in [0.2, 0.25) is 0 Å². The van der Waals surface area contributed by atoms with Crippen molar-refractivity contribution in [1.82, 2.24) is 4.98 Å². The van der Waals surface area contributed by atoms with E-state index in [0.29, 0.717) is 11.7 Å². The molecule has 0 amide bonds. The fourth-order valence-corrected chi connectivity index (χ4v) is 2.32. The molecule has 0 spiro atoms. The van der Waals surface area contributed by atoms with Gasteiger partial charge in [-0.05, 0) is 37.7 Å². The molecule has 0 aliphatic heterocycles. The van der Waals surface area contributed by atoms with Crippen LogP contribution in [0.4, 0.5) is 5.82 Å². The van der Waals surface area contributed by atoms with Crippen molar-refractivity contribution in [3.05, 3.63) is 23.9 Å². The van der Waals surface area contributed by atoms with Gasteiger partial charge in [-0.25, -0.2) is 4.98 Å². The van der Waals surface area contributed by atoms with Crippen LogP contribution >= 0.6 is 0 Å². The van der Waals surface area contributed by atoms with Crippen LogP contribution in [0.3, 0.4) is 0 Å². The van der Waals surface area contributed by atoms with Crippen LogP contribution in [0.2, 0.25) is 0 Å². The predicted molar refractivity (Wildman–Crippen MR) is 60.2 cm³/mol. The van der Waals surface area contributed by atoms with E-state index in [9.17, 15) is 5.11 Å². The SMILES string of the molecule is CC1CCC(O)(c2cccnc2N)CC1. The van der Waals surface area contributed by atoms with E-state index in [1.54, 1.807) is 6.20 Å². The molecule has 3 heteroatoms. The number of rotatable bonds is 1. The number of nitrogens with zero attached hydrogens (tertiary/aromatic N) is 1. The van der Waals surface area contributed by atoms with Crippen molar-refractivity contribution in [2.45, 2.75) is 38.2 Å². The van der Waals surface area contributed by atoms with Crippen LogP contribution in [0.15, 0.2) is 18.3 Å². The minimum absolute atomic E-state index is 0.467. The largest absolute Gasteiger partial charge is 0.385 e. The average molecular weight is 206 g/mol. The molecule has 0 bridgehead atoms. The standard InChI is InChI=1S/C12H18N2O/c1-9-4-6-12(15,7-5-9)10-3-2-8-14-11(10)13/h2-3,8-9,15H,4-7H2,1H3,(H2,13,14). The van der Waals surface area contributed by atoms with Crippen LogP contribution < -0.4 is 5.73 Å². The zero-order valence-electron chi connectivity index (χ0n) is 9.11. The highest BCUT2D eigenvalue weighted by molar-refractivity contribution is 5.42. The van der Waals surface area contributed by atoms with Gasteiger partial charge in [-0.2, -0.15) is 0 Å². The molecule has 1 heterocycles. The lowest BCUT2D eigenvalue weighted by atomic mass is 9.76. The molecule has 82 valence electrons. The summed E-state index contributed by atoms with van der Waals surface area (Å²) in [4.78, 5) is 4.04. The summed E-state index contributed by atoms with van der Waals surface area (Å²) < 4.78 is 0. The highest BCUT2D eigenvalue weighted by Crippen LogP contribution is 2.40. The normalized spacial score (nSPS) is 31.5. The molecule has 0 atom stereocenters. The highest BCUT2D eigenvalue weighted by atomic mass is 16.3. The second kappa shape index (κ2) is 3.81.